The molecule has 4 nitrogen and oxygen atoms in total. The third-order valence-electron chi connectivity index (χ3n) is 11.2. The van der Waals surface area contributed by atoms with E-state index in [1.165, 1.54) is 43.6 Å². The van der Waals surface area contributed by atoms with Gasteiger partial charge in [-0.25, -0.2) is 0 Å². The van der Waals surface area contributed by atoms with E-state index in [0.29, 0.717) is 0 Å². The Balaban J connectivity index is 1.08. The highest BCUT2D eigenvalue weighted by Gasteiger charge is 2.41. The minimum absolute atomic E-state index is 0.299. The summed E-state index contributed by atoms with van der Waals surface area (Å²) >= 11 is 0. The first kappa shape index (κ1) is 28.7. The molecule has 53 heavy (non-hydrogen) atoms. The van der Waals surface area contributed by atoms with Crippen LogP contribution in [0.2, 0.25) is 0 Å². The topological polar surface area (TPSA) is 28.3 Å². The number of rotatable bonds is 3. The first-order valence-electron chi connectivity index (χ1n) is 18.1. The van der Waals surface area contributed by atoms with Gasteiger partial charge in [0.2, 0.25) is 0 Å². The lowest BCUT2D eigenvalue weighted by Gasteiger charge is -2.33. The zero-order valence-corrected chi connectivity index (χ0v) is 28.5. The standard InChI is InChI=1S/C48H29BN2O2/c1-7-19-40(51-43-22-10-4-16-35(43)36-17-5-11-23-44(36)51)32(13-1)30-27-38-37-18-6-12-24-45(37)53-49-39-26-25-31(29-46(39)52-47(28-30)48(38)49)50-41-20-8-2-14-33(41)34-15-3-9-21-42(34)50/h1-29H. The molecule has 2 aliphatic rings. The summed E-state index contributed by atoms with van der Waals surface area (Å²) in [6.45, 7) is -0.299. The molecule has 246 valence electrons. The van der Waals surface area contributed by atoms with Crippen molar-refractivity contribution in [2.24, 2.45) is 0 Å². The molecule has 0 aliphatic carbocycles. The Hall–Kier alpha value is -6.98. The van der Waals surface area contributed by atoms with Crippen molar-refractivity contribution in [3.63, 3.8) is 0 Å². The van der Waals surface area contributed by atoms with Crippen LogP contribution in [0.5, 0.6) is 17.2 Å². The molecule has 0 saturated heterocycles. The van der Waals surface area contributed by atoms with Crippen LogP contribution in [0, 0.1) is 0 Å². The van der Waals surface area contributed by atoms with Crippen molar-refractivity contribution >= 4 is 61.5 Å². The molecular formula is C48H29BN2O2. The van der Waals surface area contributed by atoms with E-state index in [4.69, 9.17) is 9.39 Å². The Morgan fingerprint density at radius 2 is 0.943 bits per heavy atom. The zero-order chi connectivity index (χ0) is 34.6. The predicted molar refractivity (Wildman–Crippen MR) is 218 cm³/mol. The van der Waals surface area contributed by atoms with Crippen molar-refractivity contribution < 1.29 is 9.39 Å². The van der Waals surface area contributed by atoms with E-state index in [1.54, 1.807) is 0 Å². The quantitative estimate of drug-likeness (QED) is 0.174. The van der Waals surface area contributed by atoms with Crippen LogP contribution in [-0.2, 0) is 0 Å². The number of hydrogen-bond acceptors (Lipinski definition) is 2. The number of fused-ring (bicyclic) bond motifs is 10. The van der Waals surface area contributed by atoms with Crippen LogP contribution >= 0.6 is 0 Å². The van der Waals surface area contributed by atoms with Gasteiger partial charge in [0.05, 0.1) is 27.8 Å². The highest BCUT2D eigenvalue weighted by atomic mass is 16.5. The Kier molecular flexibility index (Phi) is 5.83. The van der Waals surface area contributed by atoms with E-state index in [-0.39, 0.29) is 6.92 Å². The summed E-state index contributed by atoms with van der Waals surface area (Å²) in [5.41, 5.74) is 13.4. The highest BCUT2D eigenvalue weighted by Crippen LogP contribution is 2.44. The molecule has 0 amide bonds. The van der Waals surface area contributed by atoms with E-state index in [1.807, 2.05) is 0 Å². The highest BCUT2D eigenvalue weighted by molar-refractivity contribution is 6.84. The van der Waals surface area contributed by atoms with Gasteiger partial charge in [-0.15, -0.1) is 0 Å². The second-order valence-corrected chi connectivity index (χ2v) is 14.0. The maximum absolute atomic E-state index is 7.04. The predicted octanol–water partition coefficient (Wildman–Crippen LogP) is 10.8. The third-order valence-corrected chi connectivity index (χ3v) is 11.2. The van der Waals surface area contributed by atoms with Gasteiger partial charge in [0, 0.05) is 55.4 Å². The maximum atomic E-state index is 7.04. The van der Waals surface area contributed by atoms with E-state index < -0.39 is 0 Å². The van der Waals surface area contributed by atoms with Gasteiger partial charge in [-0.3, -0.25) is 0 Å². The third kappa shape index (κ3) is 4.02. The second-order valence-electron chi connectivity index (χ2n) is 14.0. The number of benzene rings is 8. The Bertz CT molecular complexity index is 3050. The van der Waals surface area contributed by atoms with Gasteiger partial charge in [0.1, 0.15) is 17.2 Å². The summed E-state index contributed by atoms with van der Waals surface area (Å²) < 4.78 is 18.6. The number of aromatic nitrogens is 2. The first-order chi connectivity index (χ1) is 26.3. The van der Waals surface area contributed by atoms with Crippen LogP contribution in [0.1, 0.15) is 0 Å². The van der Waals surface area contributed by atoms with E-state index in [0.717, 1.165) is 61.8 Å². The fourth-order valence-electron chi connectivity index (χ4n) is 8.94. The second kappa shape index (κ2) is 10.8. The van der Waals surface area contributed by atoms with E-state index in [9.17, 15) is 0 Å². The fraction of sp³-hybridized carbons (Fsp3) is 0. The zero-order valence-electron chi connectivity index (χ0n) is 28.5. The monoisotopic (exact) mass is 676 g/mol. The molecule has 0 fully saturated rings. The van der Waals surface area contributed by atoms with Gasteiger partial charge in [-0.05, 0) is 65.7 Å². The van der Waals surface area contributed by atoms with Crippen molar-refractivity contribution in [3.8, 4) is 50.9 Å². The molecule has 8 aromatic carbocycles. The van der Waals surface area contributed by atoms with Crippen LogP contribution in [0.25, 0.3) is 77.2 Å². The van der Waals surface area contributed by atoms with Crippen LogP contribution in [0.4, 0.5) is 0 Å². The van der Waals surface area contributed by atoms with Crippen LogP contribution in [-0.4, -0.2) is 16.0 Å². The van der Waals surface area contributed by atoms with Crippen molar-refractivity contribution in [1.82, 2.24) is 9.13 Å². The van der Waals surface area contributed by atoms with Crippen molar-refractivity contribution in [2.75, 3.05) is 0 Å². The molecule has 0 saturated carbocycles. The van der Waals surface area contributed by atoms with Gasteiger partial charge >= 0.3 is 6.92 Å². The SMILES string of the molecule is c1ccc2c(c1)OB1c3ccc(-n4c5ccccc5c5ccccc54)cc3Oc3cc(-c4ccccc4-n4c5ccccc5c5ccccc54)cc-2c31. The fourth-order valence-corrected chi connectivity index (χ4v) is 8.94. The summed E-state index contributed by atoms with van der Waals surface area (Å²) in [6.07, 6.45) is 0. The maximum Gasteiger partial charge on any atom is 0.434 e. The van der Waals surface area contributed by atoms with Crippen LogP contribution in [0.3, 0.4) is 0 Å². The number of ether oxygens (including phenoxy) is 1. The molecule has 0 radical (unpaired) electrons. The Morgan fingerprint density at radius 1 is 0.396 bits per heavy atom. The smallest absolute Gasteiger partial charge is 0.434 e. The molecule has 0 atom stereocenters. The van der Waals surface area contributed by atoms with Crippen LogP contribution in [0.15, 0.2) is 176 Å². The molecular weight excluding hydrogens is 647 g/mol. The molecule has 10 aromatic rings. The lowest BCUT2D eigenvalue weighted by Crippen LogP contribution is -2.53. The van der Waals surface area contributed by atoms with Crippen molar-refractivity contribution in [3.05, 3.63) is 176 Å². The summed E-state index contributed by atoms with van der Waals surface area (Å²) in [7, 11) is 0. The van der Waals surface area contributed by atoms with Crippen LogP contribution < -0.4 is 20.3 Å². The molecule has 0 bridgehead atoms. The molecule has 2 aromatic heterocycles. The lowest BCUT2D eigenvalue weighted by atomic mass is 9.50. The molecule has 0 unspecified atom stereocenters. The van der Waals surface area contributed by atoms with Crippen molar-refractivity contribution in [2.45, 2.75) is 0 Å². The molecule has 0 spiro atoms. The van der Waals surface area contributed by atoms with Crippen molar-refractivity contribution in [1.29, 1.82) is 0 Å². The summed E-state index contributed by atoms with van der Waals surface area (Å²) in [6, 6.07) is 62.8. The minimum Gasteiger partial charge on any atom is -0.551 e. The largest absolute Gasteiger partial charge is 0.551 e. The Morgan fingerprint density at radius 3 is 1.60 bits per heavy atom. The van der Waals surface area contributed by atoms with Gasteiger partial charge < -0.3 is 18.5 Å². The normalized spacial score (nSPS) is 12.8. The molecule has 5 heteroatoms. The van der Waals surface area contributed by atoms with Gasteiger partial charge in [0.15, 0.2) is 0 Å². The summed E-state index contributed by atoms with van der Waals surface area (Å²) in [5.74, 6) is 2.50. The van der Waals surface area contributed by atoms with Gasteiger partial charge in [-0.1, -0.05) is 115 Å². The first-order valence-corrected chi connectivity index (χ1v) is 18.1. The van der Waals surface area contributed by atoms with Gasteiger partial charge in [0.25, 0.3) is 0 Å². The average Bonchev–Trinajstić information content (AvgIpc) is 3.74. The number of hydrogen-bond donors (Lipinski definition) is 0. The van der Waals surface area contributed by atoms with E-state index >= 15 is 0 Å². The lowest BCUT2D eigenvalue weighted by molar-refractivity contribution is 0.479. The summed E-state index contributed by atoms with van der Waals surface area (Å²) in [4.78, 5) is 0. The average molecular weight is 677 g/mol. The molecule has 0 N–H and O–H groups in total. The van der Waals surface area contributed by atoms with E-state index in [2.05, 4.69) is 185 Å². The van der Waals surface area contributed by atoms with Gasteiger partial charge in [-0.2, -0.15) is 0 Å². The summed E-state index contributed by atoms with van der Waals surface area (Å²) in [5, 5.41) is 4.95. The molecule has 4 heterocycles. The minimum atomic E-state index is -0.299. The number of para-hydroxylation sites is 6. The molecule has 2 aliphatic heterocycles. The number of nitrogens with zero attached hydrogens (tertiary/aromatic N) is 2. The molecule has 12 rings (SSSR count). The Labute approximate surface area is 305 Å².